The highest BCUT2D eigenvalue weighted by Gasteiger charge is 2.22. The highest BCUT2D eigenvalue weighted by atomic mass is 35.5. The first-order valence-corrected chi connectivity index (χ1v) is 7.25. The van der Waals surface area contributed by atoms with Crippen LogP contribution in [0.1, 0.15) is 0 Å². The van der Waals surface area contributed by atoms with E-state index in [1.54, 1.807) is 0 Å². The molecular weight excluding hydrogens is 325 g/mol. The molecular formula is C11H7ClFN3O4S. The average molecular weight is 332 g/mol. The molecule has 1 aromatic carbocycles. The number of nitrogens with zero attached hydrogens (tertiary/aromatic N) is 2. The number of rotatable bonds is 4. The summed E-state index contributed by atoms with van der Waals surface area (Å²) in [6.45, 7) is 0. The molecule has 0 aliphatic carbocycles. The van der Waals surface area contributed by atoms with Gasteiger partial charge in [-0.25, -0.2) is 17.8 Å². The van der Waals surface area contributed by atoms with E-state index in [4.69, 9.17) is 11.6 Å². The number of aromatic nitrogens is 1. The summed E-state index contributed by atoms with van der Waals surface area (Å²) in [6, 6.07) is 6.45. The van der Waals surface area contributed by atoms with Gasteiger partial charge in [-0.2, -0.15) is 0 Å². The lowest BCUT2D eigenvalue weighted by atomic mass is 10.3. The zero-order valence-electron chi connectivity index (χ0n) is 10.2. The van der Waals surface area contributed by atoms with Crippen molar-refractivity contribution in [2.24, 2.45) is 0 Å². The molecule has 0 atom stereocenters. The van der Waals surface area contributed by atoms with E-state index in [-0.39, 0.29) is 11.0 Å². The van der Waals surface area contributed by atoms with Crippen molar-refractivity contribution < 1.29 is 17.7 Å². The first-order valence-electron chi connectivity index (χ1n) is 5.39. The molecule has 2 aromatic rings. The van der Waals surface area contributed by atoms with Crippen molar-refractivity contribution in [2.75, 3.05) is 4.72 Å². The summed E-state index contributed by atoms with van der Waals surface area (Å²) in [5.74, 6) is -1.33. The summed E-state index contributed by atoms with van der Waals surface area (Å²) in [5.41, 5.74) is -0.549. The van der Waals surface area contributed by atoms with Crippen molar-refractivity contribution in [3.8, 4) is 0 Å². The Kier molecular flexibility index (Phi) is 4.05. The molecule has 0 radical (unpaired) electrons. The summed E-state index contributed by atoms with van der Waals surface area (Å²) in [5, 5.41) is 10.5. The van der Waals surface area contributed by atoms with Crippen LogP contribution in [0.4, 0.5) is 15.9 Å². The Hall–Kier alpha value is -2.26. The summed E-state index contributed by atoms with van der Waals surface area (Å²) in [4.78, 5) is 12.6. The van der Waals surface area contributed by atoms with Crippen molar-refractivity contribution in [2.45, 2.75) is 4.90 Å². The van der Waals surface area contributed by atoms with Gasteiger partial charge in [-0.3, -0.25) is 14.8 Å². The number of benzene rings is 1. The topological polar surface area (TPSA) is 102 Å². The number of anilines is 1. The molecule has 7 nitrogen and oxygen atoms in total. The van der Waals surface area contributed by atoms with Gasteiger partial charge in [-0.15, -0.1) is 0 Å². The maximum Gasteiger partial charge on any atom is 0.272 e. The van der Waals surface area contributed by atoms with E-state index in [0.29, 0.717) is 6.07 Å². The molecule has 0 saturated carbocycles. The van der Waals surface area contributed by atoms with Gasteiger partial charge in [0, 0.05) is 6.07 Å². The van der Waals surface area contributed by atoms with Gasteiger partial charge >= 0.3 is 0 Å². The number of hydrogen-bond acceptors (Lipinski definition) is 5. The number of hydrogen-bond donors (Lipinski definition) is 1. The highest BCUT2D eigenvalue weighted by molar-refractivity contribution is 7.92. The minimum absolute atomic E-state index is 0.0550. The lowest BCUT2D eigenvalue weighted by molar-refractivity contribution is -0.385. The van der Waals surface area contributed by atoms with Crippen LogP contribution in [0.2, 0.25) is 5.15 Å². The van der Waals surface area contributed by atoms with E-state index in [1.807, 2.05) is 4.72 Å². The number of sulfonamides is 1. The zero-order chi connectivity index (χ0) is 15.6. The molecule has 110 valence electrons. The second kappa shape index (κ2) is 5.62. The molecule has 0 aliphatic heterocycles. The predicted molar refractivity (Wildman–Crippen MR) is 73.1 cm³/mol. The van der Waals surface area contributed by atoms with Gasteiger partial charge in [0.05, 0.1) is 11.0 Å². The van der Waals surface area contributed by atoms with E-state index in [1.165, 1.54) is 18.2 Å². The first-order chi connectivity index (χ1) is 9.79. The number of nitro groups is 1. The maximum atomic E-state index is 13.7. The van der Waals surface area contributed by atoms with Gasteiger partial charge in [0.2, 0.25) is 0 Å². The Bertz CT molecular complexity index is 813. The van der Waals surface area contributed by atoms with Crippen LogP contribution in [-0.4, -0.2) is 18.3 Å². The molecule has 21 heavy (non-hydrogen) atoms. The third-order valence-corrected chi connectivity index (χ3v) is 3.97. The monoisotopic (exact) mass is 331 g/mol. The Morgan fingerprint density at radius 2 is 2.00 bits per heavy atom. The normalized spacial score (nSPS) is 11.1. The van der Waals surface area contributed by atoms with Crippen LogP contribution < -0.4 is 4.72 Å². The van der Waals surface area contributed by atoms with E-state index in [9.17, 15) is 22.9 Å². The minimum Gasteiger partial charge on any atom is -0.263 e. The van der Waals surface area contributed by atoms with Gasteiger partial charge in [0.15, 0.2) is 5.82 Å². The summed E-state index contributed by atoms with van der Waals surface area (Å²) in [7, 11) is -4.27. The van der Waals surface area contributed by atoms with Gasteiger partial charge in [0.1, 0.15) is 15.9 Å². The van der Waals surface area contributed by atoms with Crippen molar-refractivity contribution in [1.82, 2.24) is 4.98 Å². The van der Waals surface area contributed by atoms with Crippen LogP contribution in [0.3, 0.4) is 0 Å². The average Bonchev–Trinajstić information content (AvgIpc) is 2.37. The molecule has 0 bridgehead atoms. The van der Waals surface area contributed by atoms with E-state index < -0.39 is 31.3 Å². The largest absolute Gasteiger partial charge is 0.272 e. The van der Waals surface area contributed by atoms with Crippen molar-refractivity contribution in [3.05, 3.63) is 57.5 Å². The lowest BCUT2D eigenvalue weighted by Crippen LogP contribution is -2.15. The second-order valence-corrected chi connectivity index (χ2v) is 5.86. The third kappa shape index (κ3) is 3.44. The smallest absolute Gasteiger partial charge is 0.263 e. The zero-order valence-corrected chi connectivity index (χ0v) is 11.7. The number of pyridine rings is 1. The first kappa shape index (κ1) is 15.1. The fourth-order valence-electron chi connectivity index (χ4n) is 1.48. The maximum absolute atomic E-state index is 13.7. The van der Waals surface area contributed by atoms with Crippen LogP contribution in [0.15, 0.2) is 41.3 Å². The van der Waals surface area contributed by atoms with Crippen molar-refractivity contribution in [1.29, 1.82) is 0 Å². The van der Waals surface area contributed by atoms with Crippen LogP contribution >= 0.6 is 11.6 Å². The van der Waals surface area contributed by atoms with Gasteiger partial charge in [-0.1, -0.05) is 17.7 Å². The van der Waals surface area contributed by atoms with Gasteiger partial charge < -0.3 is 0 Å². The van der Waals surface area contributed by atoms with Crippen LogP contribution in [0.5, 0.6) is 0 Å². The quantitative estimate of drug-likeness (QED) is 0.527. The molecule has 10 heteroatoms. The number of non-ortho nitro benzene ring substituents is 1. The second-order valence-electron chi connectivity index (χ2n) is 3.82. The molecule has 0 fully saturated rings. The lowest BCUT2D eigenvalue weighted by Gasteiger charge is -2.08. The SMILES string of the molecule is O=[N+]([O-])c1ccc(S(=O)(=O)Nc2cccc(Cl)n2)c(F)c1. The molecule has 1 N–H and O–H groups in total. The summed E-state index contributed by atoms with van der Waals surface area (Å²) < 4.78 is 39.8. The molecule has 0 amide bonds. The number of halogens is 2. The number of nitro benzene ring substituents is 1. The minimum atomic E-state index is -4.27. The fraction of sp³-hybridized carbons (Fsp3) is 0. The van der Waals surface area contributed by atoms with Crippen LogP contribution in [0.25, 0.3) is 0 Å². The van der Waals surface area contributed by atoms with Gasteiger partial charge in [0.25, 0.3) is 15.7 Å². The van der Waals surface area contributed by atoms with E-state index in [0.717, 1.165) is 12.1 Å². The molecule has 0 unspecified atom stereocenters. The summed E-state index contributed by atoms with van der Waals surface area (Å²) in [6.07, 6.45) is 0. The molecule has 1 aromatic heterocycles. The third-order valence-electron chi connectivity index (χ3n) is 2.37. The molecule has 0 spiro atoms. The molecule has 0 aliphatic rings. The van der Waals surface area contributed by atoms with Crippen LogP contribution in [-0.2, 0) is 10.0 Å². The Morgan fingerprint density at radius 3 is 2.57 bits per heavy atom. The molecule has 0 saturated heterocycles. The van der Waals surface area contributed by atoms with Crippen molar-refractivity contribution in [3.63, 3.8) is 0 Å². The Morgan fingerprint density at radius 1 is 1.29 bits per heavy atom. The Labute approximate surface area is 123 Å². The summed E-state index contributed by atoms with van der Waals surface area (Å²) >= 11 is 5.61. The van der Waals surface area contributed by atoms with Crippen LogP contribution in [0, 0.1) is 15.9 Å². The van der Waals surface area contributed by atoms with Gasteiger partial charge in [-0.05, 0) is 18.2 Å². The predicted octanol–water partition coefficient (Wildman–Crippen LogP) is 2.58. The standard InChI is InChI=1S/C11H7ClFN3O4S/c12-10-2-1-3-11(14-10)15-21(19,20)9-5-4-7(16(17)18)6-8(9)13/h1-6H,(H,14,15). The fourth-order valence-corrected chi connectivity index (χ4v) is 2.70. The van der Waals surface area contributed by atoms with E-state index in [2.05, 4.69) is 4.98 Å². The van der Waals surface area contributed by atoms with Crippen molar-refractivity contribution >= 4 is 33.1 Å². The molecule has 2 rings (SSSR count). The number of nitrogens with one attached hydrogen (secondary N) is 1. The highest BCUT2D eigenvalue weighted by Crippen LogP contribution is 2.22. The van der Waals surface area contributed by atoms with E-state index >= 15 is 0 Å². The Balaban J connectivity index is 2.38. The molecule has 1 heterocycles.